The lowest BCUT2D eigenvalue weighted by Crippen LogP contribution is -2.60. The Bertz CT molecular complexity index is 1160. The van der Waals surface area contributed by atoms with Crippen LogP contribution in [-0.2, 0) is 6.42 Å². The van der Waals surface area contributed by atoms with Crippen molar-refractivity contribution in [2.75, 3.05) is 12.1 Å². The van der Waals surface area contributed by atoms with Crippen LogP contribution in [0.1, 0.15) is 17.5 Å². The first-order chi connectivity index (χ1) is 14.8. The molecular weight excluding hydrogens is 427 g/mol. The number of anilines is 1. The maximum atomic E-state index is 14.3. The first-order valence-corrected chi connectivity index (χ1v) is 10.6. The lowest BCUT2D eigenvalue weighted by molar-refractivity contribution is -0.268. The number of ether oxygens (including phenoxy) is 1. The van der Waals surface area contributed by atoms with Crippen molar-refractivity contribution in [3.05, 3.63) is 65.0 Å². The van der Waals surface area contributed by atoms with Crippen molar-refractivity contribution < 1.29 is 23.0 Å². The van der Waals surface area contributed by atoms with Crippen molar-refractivity contribution in [1.29, 1.82) is 0 Å². The molecule has 2 aliphatic rings. The summed E-state index contributed by atoms with van der Waals surface area (Å²) >= 11 is 1.02. The van der Waals surface area contributed by atoms with E-state index in [-0.39, 0.29) is 17.3 Å². The average Bonchev–Trinajstić information content (AvgIpc) is 3.37. The Morgan fingerprint density at radius 2 is 1.97 bits per heavy atom. The number of aryl methyl sites for hydroxylation is 1. The zero-order chi connectivity index (χ0) is 21.8. The Balaban J connectivity index is 1.62. The lowest BCUT2D eigenvalue weighted by atomic mass is 9.77. The highest BCUT2D eigenvalue weighted by atomic mass is 32.1. The van der Waals surface area contributed by atoms with Gasteiger partial charge < -0.3 is 9.84 Å². The predicted molar refractivity (Wildman–Crippen MR) is 112 cm³/mol. The molecule has 1 aromatic heterocycles. The minimum atomic E-state index is -4.93. The van der Waals surface area contributed by atoms with E-state index in [4.69, 9.17) is 4.74 Å². The van der Waals surface area contributed by atoms with E-state index < -0.39 is 17.8 Å². The molecule has 9 heteroatoms. The Kier molecular flexibility index (Phi) is 4.56. The van der Waals surface area contributed by atoms with Crippen LogP contribution in [0.15, 0.2) is 59.0 Å². The Labute approximate surface area is 180 Å². The number of aliphatic hydroxyl groups is 1. The van der Waals surface area contributed by atoms with Crippen LogP contribution in [-0.4, -0.2) is 34.8 Å². The third-order valence-corrected chi connectivity index (χ3v) is 6.61. The molecule has 160 valence electrons. The molecule has 1 N–H and O–H groups in total. The van der Waals surface area contributed by atoms with Crippen LogP contribution < -0.4 is 9.75 Å². The highest BCUT2D eigenvalue weighted by molar-refractivity contribution is 7.14. The summed E-state index contributed by atoms with van der Waals surface area (Å²) in [7, 11) is 1.54. The van der Waals surface area contributed by atoms with Gasteiger partial charge in [0.05, 0.1) is 24.4 Å². The van der Waals surface area contributed by atoms with Gasteiger partial charge in [-0.3, -0.25) is 0 Å². The Morgan fingerprint density at radius 3 is 2.68 bits per heavy atom. The quantitative estimate of drug-likeness (QED) is 0.626. The number of hydrazone groups is 1. The number of nitrogens with zero attached hydrogens (tertiary/aromatic N) is 3. The van der Waals surface area contributed by atoms with E-state index in [1.54, 1.807) is 23.6 Å². The van der Waals surface area contributed by atoms with Gasteiger partial charge in [0, 0.05) is 16.5 Å². The number of rotatable bonds is 3. The van der Waals surface area contributed by atoms with Crippen molar-refractivity contribution in [3.63, 3.8) is 0 Å². The predicted octanol–water partition coefficient (Wildman–Crippen LogP) is 4.86. The largest absolute Gasteiger partial charge is 0.497 e. The Hall–Kier alpha value is -2.91. The van der Waals surface area contributed by atoms with E-state index in [0.717, 1.165) is 22.5 Å². The third kappa shape index (κ3) is 3.02. The summed E-state index contributed by atoms with van der Waals surface area (Å²) in [4.78, 5) is 4.37. The number of benzene rings is 2. The van der Waals surface area contributed by atoms with Crippen LogP contribution in [0, 0.1) is 5.92 Å². The van der Waals surface area contributed by atoms with Crippen molar-refractivity contribution in [1.82, 2.24) is 4.98 Å². The molecule has 0 radical (unpaired) electrons. The maximum absolute atomic E-state index is 14.3. The minimum absolute atomic E-state index is 0.00404. The molecule has 31 heavy (non-hydrogen) atoms. The van der Waals surface area contributed by atoms with Crippen LogP contribution >= 0.6 is 11.3 Å². The van der Waals surface area contributed by atoms with E-state index in [2.05, 4.69) is 10.1 Å². The molecule has 0 spiro atoms. The summed E-state index contributed by atoms with van der Waals surface area (Å²) in [5, 5.41) is 17.7. The molecule has 5 rings (SSSR count). The molecule has 0 unspecified atom stereocenters. The molecule has 0 amide bonds. The summed E-state index contributed by atoms with van der Waals surface area (Å²) in [6.07, 6.45) is -4.43. The molecule has 0 bridgehead atoms. The molecule has 3 aromatic rings. The topological polar surface area (TPSA) is 58.0 Å². The SMILES string of the molecule is COc1ccc2c(c1)CC[C@@H]1C2=NN(c2nc(-c3ccccc3)cs2)[C@@]1(O)C(F)(F)F. The van der Waals surface area contributed by atoms with Gasteiger partial charge in [0.25, 0.3) is 5.72 Å². The summed E-state index contributed by atoms with van der Waals surface area (Å²) in [5.41, 5.74) is -0.175. The standard InChI is InChI=1S/C22H18F3N3O2S/c1-30-15-8-9-16-14(11-15)7-10-17-19(16)27-28(21(17,29)22(23,24)25)20-26-18(12-31-20)13-5-3-2-4-6-13/h2-6,8-9,11-12,17,29H,7,10H2,1H3/t17-,21+/m1/s1. The van der Waals surface area contributed by atoms with Crippen molar-refractivity contribution >= 4 is 22.2 Å². The molecule has 0 fully saturated rings. The van der Waals surface area contributed by atoms with Crippen LogP contribution in [0.3, 0.4) is 0 Å². The van der Waals surface area contributed by atoms with Gasteiger partial charge in [-0.2, -0.15) is 23.3 Å². The highest BCUT2D eigenvalue weighted by Gasteiger charge is 2.68. The van der Waals surface area contributed by atoms with Gasteiger partial charge in [-0.05, 0) is 36.6 Å². The van der Waals surface area contributed by atoms with Gasteiger partial charge in [-0.1, -0.05) is 30.3 Å². The van der Waals surface area contributed by atoms with Gasteiger partial charge in [0.2, 0.25) is 5.13 Å². The smallest absolute Gasteiger partial charge is 0.439 e. The van der Waals surface area contributed by atoms with E-state index in [9.17, 15) is 18.3 Å². The second kappa shape index (κ2) is 7.06. The zero-order valence-electron chi connectivity index (χ0n) is 16.4. The van der Waals surface area contributed by atoms with Crippen molar-refractivity contribution in [2.24, 2.45) is 11.0 Å². The monoisotopic (exact) mass is 445 g/mol. The van der Waals surface area contributed by atoms with Crippen LogP contribution in [0.5, 0.6) is 5.75 Å². The summed E-state index contributed by atoms with van der Waals surface area (Å²) in [6, 6.07) is 14.4. The van der Waals surface area contributed by atoms with Gasteiger partial charge in [-0.25, -0.2) is 4.98 Å². The summed E-state index contributed by atoms with van der Waals surface area (Å²) in [5.74, 6) is -0.580. The second-order valence-electron chi connectivity index (χ2n) is 7.52. The molecule has 2 heterocycles. The number of hydrogen-bond acceptors (Lipinski definition) is 6. The Morgan fingerprint density at radius 1 is 1.19 bits per heavy atom. The number of alkyl halides is 3. The number of hydrogen-bond donors (Lipinski definition) is 1. The lowest BCUT2D eigenvalue weighted by Gasteiger charge is -2.38. The number of halogens is 3. The van der Waals surface area contributed by atoms with Gasteiger partial charge in [0.1, 0.15) is 5.75 Å². The fraction of sp³-hybridized carbons (Fsp3) is 0.273. The number of methoxy groups -OCH3 is 1. The summed E-state index contributed by atoms with van der Waals surface area (Å²) in [6.45, 7) is 0. The summed E-state index contributed by atoms with van der Waals surface area (Å²) < 4.78 is 48.0. The minimum Gasteiger partial charge on any atom is -0.497 e. The number of fused-ring (bicyclic) bond motifs is 3. The molecule has 0 saturated carbocycles. The highest BCUT2D eigenvalue weighted by Crippen LogP contribution is 2.51. The van der Waals surface area contributed by atoms with Gasteiger partial charge >= 0.3 is 6.18 Å². The van der Waals surface area contributed by atoms with Gasteiger partial charge in [0.15, 0.2) is 0 Å². The normalized spacial score (nSPS) is 22.7. The van der Waals surface area contributed by atoms with E-state index in [0.29, 0.717) is 28.4 Å². The molecule has 5 nitrogen and oxygen atoms in total. The van der Waals surface area contributed by atoms with E-state index in [1.807, 2.05) is 30.3 Å². The second-order valence-corrected chi connectivity index (χ2v) is 8.35. The van der Waals surface area contributed by atoms with Crippen LogP contribution in [0.25, 0.3) is 11.3 Å². The first kappa shape index (κ1) is 20.0. The van der Waals surface area contributed by atoms with E-state index >= 15 is 0 Å². The molecule has 1 aliphatic heterocycles. The van der Waals surface area contributed by atoms with Crippen molar-refractivity contribution in [2.45, 2.75) is 24.7 Å². The number of aromatic nitrogens is 1. The van der Waals surface area contributed by atoms with Gasteiger partial charge in [-0.15, -0.1) is 11.3 Å². The van der Waals surface area contributed by atoms with Crippen molar-refractivity contribution in [3.8, 4) is 17.0 Å². The number of thiazole rings is 1. The third-order valence-electron chi connectivity index (χ3n) is 5.80. The molecule has 0 saturated heterocycles. The van der Waals surface area contributed by atoms with E-state index in [1.165, 1.54) is 7.11 Å². The first-order valence-electron chi connectivity index (χ1n) is 9.69. The fourth-order valence-corrected chi connectivity index (χ4v) is 5.07. The molecular formula is C22H18F3N3O2S. The average molecular weight is 445 g/mol. The maximum Gasteiger partial charge on any atom is 0.439 e. The van der Waals surface area contributed by atoms with Crippen LogP contribution in [0.2, 0.25) is 0 Å². The van der Waals surface area contributed by atoms with Crippen LogP contribution in [0.4, 0.5) is 18.3 Å². The fourth-order valence-electron chi connectivity index (χ4n) is 4.23. The molecule has 2 atom stereocenters. The molecule has 1 aliphatic carbocycles. The zero-order valence-corrected chi connectivity index (χ0v) is 17.2. The molecule has 2 aromatic carbocycles.